The summed E-state index contributed by atoms with van der Waals surface area (Å²) in [6, 6.07) is 9.58. The van der Waals surface area contributed by atoms with Crippen LogP contribution < -0.4 is 5.32 Å². The van der Waals surface area contributed by atoms with Gasteiger partial charge in [0.25, 0.3) is 5.91 Å². The van der Waals surface area contributed by atoms with E-state index in [0.717, 1.165) is 25.3 Å². The number of carbonyl (C=O) groups excluding carboxylic acids is 1. The number of rotatable bonds is 5. The first-order valence-corrected chi connectivity index (χ1v) is 10.1. The number of thiophene rings is 2. The quantitative estimate of drug-likeness (QED) is 0.533. The fourth-order valence-corrected chi connectivity index (χ4v) is 4.74. The lowest BCUT2D eigenvalue weighted by Crippen LogP contribution is -2.22. The van der Waals surface area contributed by atoms with Crippen LogP contribution in [0.3, 0.4) is 0 Å². The van der Waals surface area contributed by atoms with Crippen molar-refractivity contribution in [3.63, 3.8) is 0 Å². The molecule has 0 saturated carbocycles. The third-order valence-corrected chi connectivity index (χ3v) is 6.62. The first kappa shape index (κ1) is 16.2. The molecule has 1 amide bonds. The lowest BCUT2D eigenvalue weighted by Gasteiger charge is -2.00. The average Bonchev–Trinajstić information content (AvgIpc) is 3.39. The molecule has 0 saturated heterocycles. The Hall–Kier alpha value is -2.29. The van der Waals surface area contributed by atoms with Crippen LogP contribution in [0.1, 0.15) is 21.1 Å². The average molecular weight is 388 g/mol. The van der Waals surface area contributed by atoms with Crippen molar-refractivity contribution in [2.75, 3.05) is 0 Å². The van der Waals surface area contributed by atoms with E-state index in [1.54, 1.807) is 40.1 Å². The molecule has 1 N–H and O–H groups in total. The van der Waals surface area contributed by atoms with Gasteiger partial charge in [-0.15, -0.1) is 34.0 Å². The fourth-order valence-electron chi connectivity index (χ4n) is 2.27. The molecule has 0 aliphatic rings. The topological polar surface area (TPSA) is 68.0 Å². The van der Waals surface area contributed by atoms with Gasteiger partial charge in [-0.1, -0.05) is 17.3 Å². The normalized spacial score (nSPS) is 10.9. The molecule has 4 aromatic rings. The van der Waals surface area contributed by atoms with E-state index >= 15 is 0 Å². The van der Waals surface area contributed by atoms with Crippen LogP contribution >= 0.6 is 34.0 Å². The first-order chi connectivity index (χ1) is 12.2. The number of nitrogens with one attached hydrogen (secondary N) is 1. The van der Waals surface area contributed by atoms with Crippen LogP contribution in [0.25, 0.3) is 20.5 Å². The molecule has 4 heterocycles. The van der Waals surface area contributed by atoms with Gasteiger partial charge in [0.2, 0.25) is 0 Å². The molecule has 4 aromatic heterocycles. The molecule has 4 rings (SSSR count). The van der Waals surface area contributed by atoms with Gasteiger partial charge in [-0.05, 0) is 29.8 Å². The molecule has 0 radical (unpaired) electrons. The molecule has 0 aromatic carbocycles. The minimum atomic E-state index is -0.253. The number of hydrogen-bond acceptors (Lipinski definition) is 7. The summed E-state index contributed by atoms with van der Waals surface area (Å²) in [4.78, 5) is 20.0. The molecule has 0 atom stereocenters. The summed E-state index contributed by atoms with van der Waals surface area (Å²) in [6.45, 7) is 2.38. The van der Waals surface area contributed by atoms with Gasteiger partial charge in [0.1, 0.15) is 5.01 Å². The largest absolute Gasteiger partial charge is 0.355 e. The Morgan fingerprint density at radius 1 is 1.20 bits per heavy atom. The first-order valence-electron chi connectivity index (χ1n) is 7.49. The van der Waals surface area contributed by atoms with E-state index in [1.807, 2.05) is 41.9 Å². The smallest absolute Gasteiger partial charge is 0.273 e. The van der Waals surface area contributed by atoms with Crippen molar-refractivity contribution in [2.24, 2.45) is 0 Å². The standard InChI is InChI=1S/C17H13N3O2S3/c1-10-15(25-17(19-10)14-5-3-7-24-14)9-18-16(21)11-8-12(22-20-11)13-4-2-6-23-13/h2-8H,9H2,1H3,(H,18,21). The Labute approximate surface area is 156 Å². The Balaban J connectivity index is 1.44. The van der Waals surface area contributed by atoms with E-state index in [0.29, 0.717) is 12.3 Å². The summed E-state index contributed by atoms with van der Waals surface area (Å²) in [5.74, 6) is 0.353. The van der Waals surface area contributed by atoms with E-state index in [-0.39, 0.29) is 11.6 Å². The molecule has 25 heavy (non-hydrogen) atoms. The van der Waals surface area contributed by atoms with Gasteiger partial charge in [0, 0.05) is 10.9 Å². The number of aryl methyl sites for hydroxylation is 1. The molecular formula is C17H13N3O2S3. The maximum absolute atomic E-state index is 12.3. The minimum Gasteiger partial charge on any atom is -0.355 e. The molecule has 5 nitrogen and oxygen atoms in total. The maximum atomic E-state index is 12.3. The molecule has 0 spiro atoms. The van der Waals surface area contributed by atoms with Gasteiger partial charge in [-0.2, -0.15) is 0 Å². The second-order valence-corrected chi connectivity index (χ2v) is 8.22. The number of carbonyl (C=O) groups is 1. The van der Waals surface area contributed by atoms with Crippen LogP contribution in [-0.2, 0) is 6.54 Å². The highest BCUT2D eigenvalue weighted by atomic mass is 32.1. The molecule has 8 heteroatoms. The highest BCUT2D eigenvalue weighted by Gasteiger charge is 2.16. The molecule has 0 unspecified atom stereocenters. The SMILES string of the molecule is Cc1nc(-c2cccs2)sc1CNC(=O)c1cc(-c2cccs2)on1. The third kappa shape index (κ3) is 3.41. The summed E-state index contributed by atoms with van der Waals surface area (Å²) >= 11 is 4.80. The maximum Gasteiger partial charge on any atom is 0.273 e. The summed E-state index contributed by atoms with van der Waals surface area (Å²) in [5, 5.41) is 11.7. The predicted molar refractivity (Wildman–Crippen MR) is 101 cm³/mol. The molecule has 0 fully saturated rings. The van der Waals surface area contributed by atoms with E-state index in [2.05, 4.69) is 15.5 Å². The molecule has 0 bridgehead atoms. The Bertz CT molecular complexity index is 985. The van der Waals surface area contributed by atoms with Gasteiger partial charge in [0.15, 0.2) is 11.5 Å². The molecule has 0 aliphatic carbocycles. The predicted octanol–water partition coefficient (Wildman–Crippen LogP) is 4.83. The zero-order chi connectivity index (χ0) is 17.2. The van der Waals surface area contributed by atoms with Crippen molar-refractivity contribution in [3.05, 3.63) is 57.4 Å². The number of amides is 1. The second kappa shape index (κ2) is 6.91. The van der Waals surface area contributed by atoms with Crippen molar-refractivity contribution in [1.82, 2.24) is 15.5 Å². The van der Waals surface area contributed by atoms with E-state index < -0.39 is 0 Å². The van der Waals surface area contributed by atoms with Crippen molar-refractivity contribution >= 4 is 39.9 Å². The summed E-state index contributed by atoms with van der Waals surface area (Å²) in [7, 11) is 0. The van der Waals surface area contributed by atoms with Gasteiger partial charge >= 0.3 is 0 Å². The van der Waals surface area contributed by atoms with Gasteiger partial charge in [0.05, 0.1) is 22.0 Å². The number of nitrogens with zero attached hydrogens (tertiary/aromatic N) is 2. The van der Waals surface area contributed by atoms with Crippen LogP contribution in [0.15, 0.2) is 45.6 Å². The van der Waals surface area contributed by atoms with Crippen LogP contribution in [0.2, 0.25) is 0 Å². The Morgan fingerprint density at radius 3 is 2.68 bits per heavy atom. The van der Waals surface area contributed by atoms with E-state index in [9.17, 15) is 4.79 Å². The van der Waals surface area contributed by atoms with E-state index in [1.165, 1.54) is 0 Å². The summed E-state index contributed by atoms with van der Waals surface area (Å²) in [5.41, 5.74) is 1.22. The number of aromatic nitrogens is 2. The second-order valence-electron chi connectivity index (χ2n) is 5.24. The van der Waals surface area contributed by atoms with Crippen LogP contribution in [0.4, 0.5) is 0 Å². The van der Waals surface area contributed by atoms with Crippen molar-refractivity contribution in [3.8, 4) is 20.5 Å². The minimum absolute atomic E-state index is 0.253. The summed E-state index contributed by atoms with van der Waals surface area (Å²) in [6.07, 6.45) is 0. The monoisotopic (exact) mass is 387 g/mol. The van der Waals surface area contributed by atoms with Crippen molar-refractivity contribution in [1.29, 1.82) is 0 Å². The Morgan fingerprint density at radius 2 is 1.96 bits per heavy atom. The number of thiazole rings is 1. The lowest BCUT2D eigenvalue weighted by molar-refractivity contribution is 0.0942. The van der Waals surface area contributed by atoms with Crippen LogP contribution in [0.5, 0.6) is 0 Å². The number of hydrogen-bond donors (Lipinski definition) is 1. The van der Waals surface area contributed by atoms with Crippen molar-refractivity contribution in [2.45, 2.75) is 13.5 Å². The van der Waals surface area contributed by atoms with Gasteiger partial charge < -0.3 is 9.84 Å². The van der Waals surface area contributed by atoms with E-state index in [4.69, 9.17) is 4.52 Å². The highest BCUT2D eigenvalue weighted by Crippen LogP contribution is 2.31. The van der Waals surface area contributed by atoms with Gasteiger partial charge in [-0.3, -0.25) is 4.79 Å². The highest BCUT2D eigenvalue weighted by molar-refractivity contribution is 7.21. The van der Waals surface area contributed by atoms with Gasteiger partial charge in [-0.25, -0.2) is 4.98 Å². The van der Waals surface area contributed by atoms with Crippen LogP contribution in [-0.4, -0.2) is 16.0 Å². The molecule has 126 valence electrons. The van der Waals surface area contributed by atoms with Crippen molar-refractivity contribution < 1.29 is 9.32 Å². The fraction of sp³-hybridized carbons (Fsp3) is 0.118. The lowest BCUT2D eigenvalue weighted by atomic mass is 10.3. The molecule has 0 aliphatic heterocycles. The van der Waals surface area contributed by atoms with Crippen LogP contribution in [0, 0.1) is 6.92 Å². The third-order valence-electron chi connectivity index (χ3n) is 3.54. The Kier molecular flexibility index (Phi) is 4.48. The zero-order valence-electron chi connectivity index (χ0n) is 13.2. The summed E-state index contributed by atoms with van der Waals surface area (Å²) < 4.78 is 5.25. The zero-order valence-corrected chi connectivity index (χ0v) is 15.6. The molecular weight excluding hydrogens is 374 g/mol.